The van der Waals surface area contributed by atoms with E-state index in [0.717, 1.165) is 44.0 Å². The molecule has 6 nitrogen and oxygen atoms in total. The highest BCUT2D eigenvalue weighted by Crippen LogP contribution is 2.28. The number of carbonyl (C=O) groups is 1. The zero-order valence-corrected chi connectivity index (χ0v) is 18.3. The van der Waals surface area contributed by atoms with Gasteiger partial charge >= 0.3 is 0 Å². The maximum atomic E-state index is 12.6. The van der Waals surface area contributed by atoms with Crippen LogP contribution >= 0.6 is 0 Å². The highest BCUT2D eigenvalue weighted by molar-refractivity contribution is 5.92. The summed E-state index contributed by atoms with van der Waals surface area (Å²) in [6, 6.07) is 13.7. The van der Waals surface area contributed by atoms with Crippen molar-refractivity contribution in [1.29, 1.82) is 0 Å². The first-order chi connectivity index (χ1) is 15.1. The van der Waals surface area contributed by atoms with Gasteiger partial charge in [0.15, 0.2) is 11.5 Å². The van der Waals surface area contributed by atoms with Crippen molar-refractivity contribution in [2.24, 2.45) is 0 Å². The molecule has 2 aromatic rings. The summed E-state index contributed by atoms with van der Waals surface area (Å²) < 4.78 is 16.2. The van der Waals surface area contributed by atoms with Gasteiger partial charge in [0, 0.05) is 38.8 Å². The van der Waals surface area contributed by atoms with Gasteiger partial charge in [-0.1, -0.05) is 30.9 Å². The maximum absolute atomic E-state index is 12.6. The molecule has 1 amide bonds. The lowest BCUT2D eigenvalue weighted by Gasteiger charge is -2.34. The summed E-state index contributed by atoms with van der Waals surface area (Å²) in [5, 5.41) is 0. The summed E-state index contributed by atoms with van der Waals surface area (Å²) >= 11 is 0. The molecule has 0 bridgehead atoms. The van der Waals surface area contributed by atoms with Crippen LogP contribution in [-0.4, -0.2) is 62.7 Å². The summed E-state index contributed by atoms with van der Waals surface area (Å²) in [7, 11) is 3.27. The lowest BCUT2D eigenvalue weighted by Crippen LogP contribution is -2.47. The van der Waals surface area contributed by atoms with Gasteiger partial charge in [-0.25, -0.2) is 0 Å². The van der Waals surface area contributed by atoms with Gasteiger partial charge in [-0.2, -0.15) is 0 Å². The number of nitrogens with zero attached hydrogens (tertiary/aromatic N) is 2. The van der Waals surface area contributed by atoms with Crippen molar-refractivity contribution in [2.45, 2.75) is 6.54 Å². The molecule has 0 spiro atoms. The van der Waals surface area contributed by atoms with Crippen LogP contribution in [0.5, 0.6) is 17.2 Å². The average Bonchev–Trinajstić information content (AvgIpc) is 2.82. The number of amides is 1. The molecule has 31 heavy (non-hydrogen) atoms. The fraction of sp³-hybridized carbons (Fsp3) is 0.320. The van der Waals surface area contributed by atoms with Crippen LogP contribution in [0, 0.1) is 0 Å². The molecule has 1 aliphatic heterocycles. The lowest BCUT2D eigenvalue weighted by atomic mass is 10.1. The van der Waals surface area contributed by atoms with Crippen LogP contribution in [0.2, 0.25) is 0 Å². The number of piperazine rings is 1. The Bertz CT molecular complexity index is 900. The molecule has 6 heteroatoms. The first-order valence-electron chi connectivity index (χ1n) is 10.4. The van der Waals surface area contributed by atoms with Gasteiger partial charge in [0.25, 0.3) is 0 Å². The van der Waals surface area contributed by atoms with E-state index < -0.39 is 0 Å². The third kappa shape index (κ3) is 6.36. The largest absolute Gasteiger partial charge is 0.497 e. The molecular weight excluding hydrogens is 392 g/mol. The van der Waals surface area contributed by atoms with Crippen molar-refractivity contribution in [3.05, 3.63) is 72.3 Å². The number of carbonyl (C=O) groups excluding carboxylic acids is 1. The second-order valence-electron chi connectivity index (χ2n) is 7.29. The smallest absolute Gasteiger partial charge is 0.246 e. The van der Waals surface area contributed by atoms with E-state index in [1.807, 2.05) is 41.3 Å². The number of methoxy groups -OCH3 is 2. The molecule has 0 radical (unpaired) electrons. The van der Waals surface area contributed by atoms with Crippen LogP contribution in [0.3, 0.4) is 0 Å². The quantitative estimate of drug-likeness (QED) is 0.456. The zero-order valence-electron chi connectivity index (χ0n) is 18.3. The maximum Gasteiger partial charge on any atom is 0.246 e. The minimum Gasteiger partial charge on any atom is -0.497 e. The summed E-state index contributed by atoms with van der Waals surface area (Å²) in [4.78, 5) is 16.9. The van der Waals surface area contributed by atoms with Gasteiger partial charge in [-0.05, 0) is 41.5 Å². The number of hydrogen-bond donors (Lipinski definition) is 0. The molecule has 0 N–H and O–H groups in total. The van der Waals surface area contributed by atoms with Crippen LogP contribution < -0.4 is 14.2 Å². The van der Waals surface area contributed by atoms with Crippen LogP contribution in [0.4, 0.5) is 0 Å². The van der Waals surface area contributed by atoms with Gasteiger partial charge in [0.2, 0.25) is 5.91 Å². The highest BCUT2D eigenvalue weighted by Gasteiger charge is 2.19. The molecule has 0 saturated carbocycles. The molecule has 1 fully saturated rings. The molecule has 0 aliphatic carbocycles. The third-order valence-corrected chi connectivity index (χ3v) is 5.21. The minimum atomic E-state index is 0.0232. The molecular formula is C25H30N2O4. The standard InChI is InChI=1S/C25H30N2O4/c1-4-17-31-23-11-7-20(18-24(23)30-3)8-12-25(28)27-15-13-26(14-16-27)19-21-5-9-22(29-2)10-6-21/h4-12,18H,1,13-17,19H2,2-3H3/b12-8+. The fourth-order valence-electron chi connectivity index (χ4n) is 3.44. The Labute approximate surface area is 184 Å². The molecule has 3 rings (SSSR count). The Morgan fingerprint density at radius 1 is 1.00 bits per heavy atom. The Morgan fingerprint density at radius 3 is 2.39 bits per heavy atom. The van der Waals surface area contributed by atoms with Crippen molar-refractivity contribution < 1.29 is 19.0 Å². The molecule has 164 valence electrons. The van der Waals surface area contributed by atoms with Gasteiger partial charge < -0.3 is 19.1 Å². The molecule has 1 heterocycles. The summed E-state index contributed by atoms with van der Waals surface area (Å²) in [6.45, 7) is 8.09. The topological polar surface area (TPSA) is 51.2 Å². The average molecular weight is 423 g/mol. The molecule has 0 atom stereocenters. The van der Waals surface area contributed by atoms with E-state index in [0.29, 0.717) is 18.1 Å². The molecule has 1 aliphatic rings. The van der Waals surface area contributed by atoms with Crippen molar-refractivity contribution in [3.63, 3.8) is 0 Å². The Balaban J connectivity index is 1.51. The molecule has 0 unspecified atom stereocenters. The van der Waals surface area contributed by atoms with E-state index in [1.165, 1.54) is 5.56 Å². The predicted octanol–water partition coefficient (Wildman–Crippen LogP) is 3.63. The second kappa shape index (κ2) is 11.2. The Morgan fingerprint density at radius 2 is 1.74 bits per heavy atom. The van der Waals surface area contributed by atoms with E-state index in [4.69, 9.17) is 14.2 Å². The summed E-state index contributed by atoms with van der Waals surface area (Å²) in [6.07, 6.45) is 5.12. The summed E-state index contributed by atoms with van der Waals surface area (Å²) in [5.41, 5.74) is 2.13. The van der Waals surface area contributed by atoms with Gasteiger partial charge in [0.1, 0.15) is 12.4 Å². The number of ether oxygens (including phenoxy) is 3. The lowest BCUT2D eigenvalue weighted by molar-refractivity contribution is -0.127. The number of benzene rings is 2. The van der Waals surface area contributed by atoms with Gasteiger partial charge in [-0.3, -0.25) is 9.69 Å². The van der Waals surface area contributed by atoms with Crippen LogP contribution in [0.25, 0.3) is 6.08 Å². The summed E-state index contributed by atoms with van der Waals surface area (Å²) in [5.74, 6) is 2.17. The molecule has 0 aromatic heterocycles. The molecule has 2 aromatic carbocycles. The van der Waals surface area contributed by atoms with Gasteiger partial charge in [-0.15, -0.1) is 0 Å². The Hall–Kier alpha value is -3.25. The fourth-order valence-corrected chi connectivity index (χ4v) is 3.44. The van der Waals surface area contributed by atoms with Crippen LogP contribution in [0.1, 0.15) is 11.1 Å². The minimum absolute atomic E-state index is 0.0232. The van der Waals surface area contributed by atoms with E-state index in [-0.39, 0.29) is 5.91 Å². The predicted molar refractivity (Wildman–Crippen MR) is 123 cm³/mol. The van der Waals surface area contributed by atoms with Crippen molar-refractivity contribution in [2.75, 3.05) is 47.0 Å². The zero-order chi connectivity index (χ0) is 22.1. The highest BCUT2D eigenvalue weighted by atomic mass is 16.5. The van der Waals surface area contributed by atoms with E-state index in [1.54, 1.807) is 26.4 Å². The van der Waals surface area contributed by atoms with Crippen molar-refractivity contribution in [1.82, 2.24) is 9.80 Å². The number of hydrogen-bond acceptors (Lipinski definition) is 5. The Kier molecular flexibility index (Phi) is 8.12. The number of rotatable bonds is 9. The van der Waals surface area contributed by atoms with Crippen molar-refractivity contribution in [3.8, 4) is 17.2 Å². The van der Waals surface area contributed by atoms with E-state index >= 15 is 0 Å². The first kappa shape index (κ1) is 22.4. The normalized spacial score (nSPS) is 14.5. The monoisotopic (exact) mass is 422 g/mol. The van der Waals surface area contributed by atoms with E-state index in [2.05, 4.69) is 23.6 Å². The van der Waals surface area contributed by atoms with Crippen LogP contribution in [-0.2, 0) is 11.3 Å². The third-order valence-electron chi connectivity index (χ3n) is 5.21. The van der Waals surface area contributed by atoms with E-state index in [9.17, 15) is 4.79 Å². The van der Waals surface area contributed by atoms with Gasteiger partial charge in [0.05, 0.1) is 14.2 Å². The molecule has 1 saturated heterocycles. The SMILES string of the molecule is C=CCOc1ccc(/C=C/C(=O)N2CCN(Cc3ccc(OC)cc3)CC2)cc1OC. The first-order valence-corrected chi connectivity index (χ1v) is 10.4. The second-order valence-corrected chi connectivity index (χ2v) is 7.29. The van der Waals surface area contributed by atoms with Crippen molar-refractivity contribution >= 4 is 12.0 Å². The van der Waals surface area contributed by atoms with Crippen LogP contribution in [0.15, 0.2) is 61.2 Å².